The van der Waals surface area contributed by atoms with Gasteiger partial charge in [-0.05, 0) is 31.7 Å². The summed E-state index contributed by atoms with van der Waals surface area (Å²) < 4.78 is 5.14. The molecule has 0 spiro atoms. The summed E-state index contributed by atoms with van der Waals surface area (Å²) in [6, 6.07) is 0.296. The second kappa shape index (κ2) is 4.49. The van der Waals surface area contributed by atoms with Crippen LogP contribution in [0.4, 0.5) is 0 Å². The number of nitrogens with zero attached hydrogens (tertiary/aromatic N) is 1. The number of rotatable bonds is 4. The molecule has 0 bridgehead atoms. The van der Waals surface area contributed by atoms with Gasteiger partial charge in [0.25, 0.3) is 0 Å². The Morgan fingerprint density at radius 3 is 2.80 bits per heavy atom. The minimum absolute atomic E-state index is 0.119. The lowest BCUT2D eigenvalue weighted by Crippen LogP contribution is -2.49. The van der Waals surface area contributed by atoms with Crippen molar-refractivity contribution in [1.82, 2.24) is 4.90 Å². The summed E-state index contributed by atoms with van der Waals surface area (Å²) >= 11 is 0. The summed E-state index contributed by atoms with van der Waals surface area (Å²) in [5.41, 5.74) is 0. The zero-order valence-electron chi connectivity index (χ0n) is 9.19. The minimum atomic E-state index is -0.624. The molecule has 1 heterocycles. The number of carboxylic acid groups (broad SMARTS) is 1. The second-order valence-electron chi connectivity index (χ2n) is 4.69. The molecule has 1 saturated carbocycles. The maximum atomic E-state index is 10.9. The molecule has 2 rings (SSSR count). The van der Waals surface area contributed by atoms with Crippen LogP contribution in [0.2, 0.25) is 0 Å². The van der Waals surface area contributed by atoms with Crippen LogP contribution in [0, 0.1) is 11.8 Å². The Kier molecular flexibility index (Phi) is 3.26. The van der Waals surface area contributed by atoms with Crippen LogP contribution >= 0.6 is 0 Å². The van der Waals surface area contributed by atoms with E-state index < -0.39 is 5.97 Å². The topological polar surface area (TPSA) is 49.8 Å². The lowest BCUT2D eigenvalue weighted by Gasteiger charge is -2.40. The third-order valence-corrected chi connectivity index (χ3v) is 3.74. The third-order valence-electron chi connectivity index (χ3n) is 3.74. The van der Waals surface area contributed by atoms with E-state index in [0.717, 1.165) is 39.0 Å². The molecular formula is C11H19NO3. The van der Waals surface area contributed by atoms with Crippen LogP contribution < -0.4 is 0 Å². The molecular weight excluding hydrogens is 194 g/mol. The molecule has 0 amide bonds. The summed E-state index contributed by atoms with van der Waals surface area (Å²) in [5.74, 6) is -0.141. The van der Waals surface area contributed by atoms with Gasteiger partial charge in [-0.1, -0.05) is 0 Å². The average molecular weight is 213 g/mol. The maximum Gasteiger partial charge on any atom is 0.308 e. The van der Waals surface area contributed by atoms with Crippen molar-refractivity contribution in [3.8, 4) is 0 Å². The van der Waals surface area contributed by atoms with Gasteiger partial charge in [0.05, 0.1) is 12.5 Å². The van der Waals surface area contributed by atoms with Gasteiger partial charge in [0.2, 0.25) is 0 Å². The van der Waals surface area contributed by atoms with E-state index in [1.54, 1.807) is 7.11 Å². The van der Waals surface area contributed by atoms with Crippen molar-refractivity contribution in [2.45, 2.75) is 25.3 Å². The van der Waals surface area contributed by atoms with Crippen molar-refractivity contribution in [1.29, 1.82) is 0 Å². The number of aliphatic carboxylic acids is 1. The Bertz CT molecular complexity index is 244. The highest BCUT2D eigenvalue weighted by Gasteiger charge is 2.42. The van der Waals surface area contributed by atoms with Gasteiger partial charge in [0.15, 0.2) is 0 Å². The van der Waals surface area contributed by atoms with Crippen LogP contribution in [-0.2, 0) is 9.53 Å². The normalized spacial score (nSPS) is 36.5. The van der Waals surface area contributed by atoms with Crippen LogP contribution in [0.3, 0.4) is 0 Å². The number of methoxy groups -OCH3 is 1. The molecule has 4 nitrogen and oxygen atoms in total. The average Bonchev–Trinajstić information content (AvgIpc) is 2.50. The molecule has 3 atom stereocenters. The fourth-order valence-electron chi connectivity index (χ4n) is 2.74. The first-order chi connectivity index (χ1) is 7.22. The number of hydrogen-bond donors (Lipinski definition) is 1. The number of carbonyl (C=O) groups is 1. The van der Waals surface area contributed by atoms with E-state index in [9.17, 15) is 4.79 Å². The molecule has 0 aromatic rings. The highest BCUT2D eigenvalue weighted by molar-refractivity contribution is 5.72. The Morgan fingerprint density at radius 2 is 2.27 bits per heavy atom. The quantitative estimate of drug-likeness (QED) is 0.751. The van der Waals surface area contributed by atoms with Crippen molar-refractivity contribution >= 4 is 5.97 Å². The molecule has 0 radical (unpaired) electrons. The minimum Gasteiger partial charge on any atom is -0.481 e. The van der Waals surface area contributed by atoms with E-state index in [2.05, 4.69) is 4.90 Å². The molecule has 1 aliphatic carbocycles. The van der Waals surface area contributed by atoms with Crippen molar-refractivity contribution < 1.29 is 14.6 Å². The van der Waals surface area contributed by atoms with Gasteiger partial charge in [-0.25, -0.2) is 0 Å². The second-order valence-corrected chi connectivity index (χ2v) is 4.69. The molecule has 15 heavy (non-hydrogen) atoms. The lowest BCUT2D eigenvalue weighted by molar-refractivity contribution is -0.148. The number of carboxylic acids is 1. The first-order valence-electron chi connectivity index (χ1n) is 5.68. The first-order valence-corrected chi connectivity index (χ1v) is 5.68. The number of ether oxygens (including phenoxy) is 1. The summed E-state index contributed by atoms with van der Waals surface area (Å²) in [6.07, 6.45) is 3.05. The van der Waals surface area contributed by atoms with Crippen LogP contribution in [0.1, 0.15) is 19.3 Å². The van der Waals surface area contributed by atoms with Crippen LogP contribution in [-0.4, -0.2) is 48.8 Å². The van der Waals surface area contributed by atoms with E-state index in [0.29, 0.717) is 12.0 Å². The molecule has 1 N–H and O–H groups in total. The van der Waals surface area contributed by atoms with Gasteiger partial charge in [0, 0.05) is 19.7 Å². The van der Waals surface area contributed by atoms with E-state index in [1.807, 2.05) is 0 Å². The van der Waals surface area contributed by atoms with Gasteiger partial charge in [-0.3, -0.25) is 9.69 Å². The maximum absolute atomic E-state index is 10.9. The van der Waals surface area contributed by atoms with E-state index in [-0.39, 0.29) is 5.92 Å². The van der Waals surface area contributed by atoms with E-state index in [1.165, 1.54) is 0 Å². The molecule has 1 aliphatic heterocycles. The Morgan fingerprint density at radius 1 is 1.47 bits per heavy atom. The Balaban J connectivity index is 1.83. The highest BCUT2D eigenvalue weighted by atomic mass is 16.5. The number of likely N-dealkylation sites (tertiary alicyclic amines) is 1. The SMILES string of the molecule is COCC1CCN(C2CCC2C(=O)O)C1. The lowest BCUT2D eigenvalue weighted by atomic mass is 9.78. The van der Waals surface area contributed by atoms with E-state index >= 15 is 0 Å². The monoisotopic (exact) mass is 213 g/mol. The van der Waals surface area contributed by atoms with Crippen molar-refractivity contribution in [2.75, 3.05) is 26.8 Å². The molecule has 0 aromatic heterocycles. The van der Waals surface area contributed by atoms with Crippen molar-refractivity contribution in [3.05, 3.63) is 0 Å². The first kappa shape index (κ1) is 10.9. The number of hydrogen-bond acceptors (Lipinski definition) is 3. The smallest absolute Gasteiger partial charge is 0.308 e. The molecule has 0 aromatic carbocycles. The van der Waals surface area contributed by atoms with Crippen molar-refractivity contribution in [2.24, 2.45) is 11.8 Å². The fourth-order valence-corrected chi connectivity index (χ4v) is 2.74. The standard InChI is InChI=1S/C11H19NO3/c1-15-7-8-4-5-12(6-8)10-3-2-9(10)11(13)14/h8-10H,2-7H2,1H3,(H,13,14). The largest absolute Gasteiger partial charge is 0.481 e. The summed E-state index contributed by atoms with van der Waals surface area (Å²) in [4.78, 5) is 13.2. The van der Waals surface area contributed by atoms with Gasteiger partial charge in [-0.15, -0.1) is 0 Å². The molecule has 4 heteroatoms. The Labute approximate surface area is 90.2 Å². The van der Waals surface area contributed by atoms with Crippen molar-refractivity contribution in [3.63, 3.8) is 0 Å². The summed E-state index contributed by atoms with van der Waals surface area (Å²) in [5, 5.41) is 8.98. The van der Waals surface area contributed by atoms with E-state index in [4.69, 9.17) is 9.84 Å². The van der Waals surface area contributed by atoms with Crippen LogP contribution in [0.5, 0.6) is 0 Å². The van der Waals surface area contributed by atoms with Gasteiger partial charge < -0.3 is 9.84 Å². The van der Waals surface area contributed by atoms with Gasteiger partial charge in [0.1, 0.15) is 0 Å². The molecule has 1 saturated heterocycles. The molecule has 2 fully saturated rings. The highest BCUT2D eigenvalue weighted by Crippen LogP contribution is 2.35. The zero-order chi connectivity index (χ0) is 10.8. The summed E-state index contributed by atoms with van der Waals surface area (Å²) in [6.45, 7) is 2.87. The van der Waals surface area contributed by atoms with Gasteiger partial charge >= 0.3 is 5.97 Å². The molecule has 2 aliphatic rings. The third kappa shape index (κ3) is 2.16. The Hall–Kier alpha value is -0.610. The predicted molar refractivity (Wildman–Crippen MR) is 55.7 cm³/mol. The van der Waals surface area contributed by atoms with Crippen LogP contribution in [0.25, 0.3) is 0 Å². The fraction of sp³-hybridized carbons (Fsp3) is 0.909. The molecule has 3 unspecified atom stereocenters. The zero-order valence-corrected chi connectivity index (χ0v) is 9.19. The molecule has 86 valence electrons. The predicted octanol–water partition coefficient (Wildman–Crippen LogP) is 0.818. The van der Waals surface area contributed by atoms with Gasteiger partial charge in [-0.2, -0.15) is 0 Å². The van der Waals surface area contributed by atoms with Crippen LogP contribution in [0.15, 0.2) is 0 Å². The summed E-state index contributed by atoms with van der Waals surface area (Å²) in [7, 11) is 1.73.